The Morgan fingerprint density at radius 1 is 1.12 bits per heavy atom. The van der Waals surface area contributed by atoms with Crippen molar-refractivity contribution in [3.8, 4) is 0 Å². The second-order valence-electron chi connectivity index (χ2n) is 4.77. The van der Waals surface area contributed by atoms with E-state index in [4.69, 9.17) is 5.11 Å². The fourth-order valence-electron chi connectivity index (χ4n) is 2.49. The van der Waals surface area contributed by atoms with E-state index in [2.05, 4.69) is 4.84 Å². The molecule has 2 amide bonds. The molecule has 0 spiro atoms. The monoisotopic (exact) mass is 353 g/mol. The number of amides is 2. The molecule has 0 unspecified atom stereocenters. The van der Waals surface area contributed by atoms with Crippen LogP contribution in [0.3, 0.4) is 0 Å². The maximum Gasteiger partial charge on any atom is 1.00 e. The Morgan fingerprint density at radius 3 is 2.25 bits per heavy atom. The van der Waals surface area contributed by atoms with Crippen LogP contribution in [0, 0.1) is 0 Å². The summed E-state index contributed by atoms with van der Waals surface area (Å²) in [6, 6.07) is 3.30. The third-order valence-corrected chi connectivity index (χ3v) is 3.45. The van der Waals surface area contributed by atoms with Crippen molar-refractivity contribution in [1.29, 1.82) is 0 Å². The first-order valence-corrected chi connectivity index (χ1v) is 6.86. The topological polar surface area (TPSA) is 101 Å². The number of carbonyl (C=O) groups is 4. The van der Waals surface area contributed by atoms with Crippen LogP contribution in [0.15, 0.2) is 12.1 Å². The van der Waals surface area contributed by atoms with Gasteiger partial charge in [-0.2, -0.15) is 0 Å². The van der Waals surface area contributed by atoms with Gasteiger partial charge in [-0.25, -0.2) is 4.79 Å². The molecule has 0 fully saturated rings. The SMILES string of the molecule is CCc1ccc2c(c1CC)C(=O)N(OC(=O)CC(=O)O)C2=O.[H-].[H-].[Na+].[Na+]. The van der Waals surface area contributed by atoms with Crippen LogP contribution in [0.2, 0.25) is 0 Å². The molecular weight excluding hydrogens is 336 g/mol. The zero-order chi connectivity index (χ0) is 16.4. The van der Waals surface area contributed by atoms with Crippen molar-refractivity contribution in [3.05, 3.63) is 34.4 Å². The molecule has 9 heteroatoms. The fraction of sp³-hybridized carbons (Fsp3) is 0.333. The number of hydroxylamine groups is 2. The zero-order valence-corrected chi connectivity index (χ0v) is 18.2. The van der Waals surface area contributed by atoms with Crippen LogP contribution in [-0.2, 0) is 27.3 Å². The van der Waals surface area contributed by atoms with Crippen LogP contribution >= 0.6 is 0 Å². The number of carbonyl (C=O) groups excluding carboxylic acids is 3. The molecule has 1 aromatic rings. The average molecular weight is 353 g/mol. The molecule has 0 saturated heterocycles. The first kappa shape index (κ1) is 23.3. The summed E-state index contributed by atoms with van der Waals surface area (Å²) in [7, 11) is 0. The van der Waals surface area contributed by atoms with Crippen molar-refractivity contribution in [2.45, 2.75) is 33.1 Å². The molecule has 0 aromatic heterocycles. The van der Waals surface area contributed by atoms with Crippen molar-refractivity contribution in [1.82, 2.24) is 5.06 Å². The molecule has 1 N–H and O–H groups in total. The number of imide groups is 1. The van der Waals surface area contributed by atoms with E-state index in [-0.39, 0.29) is 73.1 Å². The summed E-state index contributed by atoms with van der Waals surface area (Å²) < 4.78 is 0. The molecule has 24 heavy (non-hydrogen) atoms. The van der Waals surface area contributed by atoms with Gasteiger partial charge < -0.3 is 12.8 Å². The van der Waals surface area contributed by atoms with E-state index in [1.165, 1.54) is 6.07 Å². The Hall–Kier alpha value is -0.700. The van der Waals surface area contributed by atoms with Gasteiger partial charge >= 0.3 is 71.1 Å². The second-order valence-corrected chi connectivity index (χ2v) is 4.77. The Bertz CT molecular complexity index is 699. The number of carboxylic acid groups (broad SMARTS) is 1. The van der Waals surface area contributed by atoms with Crippen molar-refractivity contribution in [2.75, 3.05) is 0 Å². The molecular formula is C15H17NNa2O6. The number of fused-ring (bicyclic) bond motifs is 1. The Morgan fingerprint density at radius 2 is 1.75 bits per heavy atom. The third kappa shape index (κ3) is 4.47. The Kier molecular flexibility index (Phi) is 9.41. The van der Waals surface area contributed by atoms with E-state index in [1.54, 1.807) is 6.07 Å². The maximum absolute atomic E-state index is 12.4. The number of aryl methyl sites for hydroxylation is 1. The van der Waals surface area contributed by atoms with Crippen LogP contribution in [0.5, 0.6) is 0 Å². The standard InChI is InChI=1S/C15H15NO6.2Na.2H/c1-3-8-5-6-10-13(9(8)4-2)15(21)16(14(10)20)22-12(19)7-11(17)18;;;;/h5-6H,3-4,7H2,1-2H3,(H,17,18);;;;/q;2*+1;2*-1. The molecule has 1 aliphatic rings. The van der Waals surface area contributed by atoms with Crippen molar-refractivity contribution in [3.63, 3.8) is 0 Å². The maximum atomic E-state index is 12.4. The summed E-state index contributed by atoms with van der Waals surface area (Å²) in [5.74, 6) is -4.05. The normalized spacial score (nSPS) is 12.2. The first-order chi connectivity index (χ1) is 10.4. The number of hydrogen-bond donors (Lipinski definition) is 1. The average Bonchev–Trinajstić information content (AvgIpc) is 2.70. The molecule has 0 radical (unpaired) electrons. The van der Waals surface area contributed by atoms with Gasteiger partial charge in [-0.15, -0.1) is 0 Å². The minimum atomic E-state index is -1.40. The number of hydrogen-bond acceptors (Lipinski definition) is 5. The molecule has 0 saturated carbocycles. The summed E-state index contributed by atoms with van der Waals surface area (Å²) in [5, 5.41) is 8.87. The van der Waals surface area contributed by atoms with Crippen LogP contribution in [0.4, 0.5) is 0 Å². The number of aliphatic carboxylic acids is 1. The zero-order valence-electron chi connectivity index (χ0n) is 16.2. The first-order valence-electron chi connectivity index (χ1n) is 6.86. The molecule has 120 valence electrons. The van der Waals surface area contributed by atoms with Gasteiger partial charge in [-0.1, -0.05) is 25.0 Å². The van der Waals surface area contributed by atoms with E-state index in [0.29, 0.717) is 17.9 Å². The van der Waals surface area contributed by atoms with Gasteiger partial charge in [0.2, 0.25) is 0 Å². The summed E-state index contributed by atoms with van der Waals surface area (Å²) in [6.45, 7) is 3.80. The Labute approximate surface area is 186 Å². The molecule has 0 bridgehead atoms. The van der Waals surface area contributed by atoms with E-state index < -0.39 is 30.2 Å². The quantitative estimate of drug-likeness (QED) is 0.326. The Balaban J connectivity index is -0.00000132. The van der Waals surface area contributed by atoms with E-state index in [1.807, 2.05) is 13.8 Å². The van der Waals surface area contributed by atoms with Gasteiger partial charge in [0, 0.05) is 0 Å². The van der Waals surface area contributed by atoms with E-state index in [9.17, 15) is 19.2 Å². The van der Waals surface area contributed by atoms with Crippen molar-refractivity contribution >= 4 is 23.8 Å². The molecule has 1 aromatic carbocycles. The van der Waals surface area contributed by atoms with Gasteiger partial charge in [0.15, 0.2) is 0 Å². The predicted octanol–water partition coefficient (Wildman–Crippen LogP) is -4.43. The fourth-order valence-corrected chi connectivity index (χ4v) is 2.49. The van der Waals surface area contributed by atoms with Crippen LogP contribution in [-0.4, -0.2) is 33.9 Å². The predicted molar refractivity (Wildman–Crippen MR) is 76.3 cm³/mol. The van der Waals surface area contributed by atoms with Crippen molar-refractivity contribution < 1.29 is 91.1 Å². The summed E-state index contributed by atoms with van der Waals surface area (Å²) in [5.41, 5.74) is 2.09. The largest absolute Gasteiger partial charge is 1.00 e. The molecule has 0 atom stereocenters. The van der Waals surface area contributed by atoms with Crippen LogP contribution < -0.4 is 59.1 Å². The van der Waals surface area contributed by atoms with Gasteiger partial charge in [0.05, 0.1) is 11.1 Å². The minimum Gasteiger partial charge on any atom is -1.00 e. The second kappa shape index (κ2) is 9.70. The van der Waals surface area contributed by atoms with Crippen LogP contribution in [0.25, 0.3) is 0 Å². The van der Waals surface area contributed by atoms with Crippen molar-refractivity contribution in [2.24, 2.45) is 0 Å². The minimum absolute atomic E-state index is 0. The smallest absolute Gasteiger partial charge is 1.00 e. The molecule has 2 rings (SSSR count). The summed E-state index contributed by atoms with van der Waals surface area (Å²) in [6.07, 6.45) is 0.341. The molecule has 0 aliphatic carbocycles. The van der Waals surface area contributed by atoms with E-state index in [0.717, 1.165) is 11.1 Å². The van der Waals surface area contributed by atoms with Gasteiger partial charge in [-0.3, -0.25) is 14.4 Å². The molecule has 1 aliphatic heterocycles. The number of rotatable bonds is 5. The van der Waals surface area contributed by atoms with Gasteiger partial charge in [-0.05, 0) is 30.0 Å². The number of benzene rings is 1. The molecule has 1 heterocycles. The third-order valence-electron chi connectivity index (χ3n) is 3.45. The summed E-state index contributed by atoms with van der Waals surface area (Å²) in [4.78, 5) is 51.0. The molecule has 7 nitrogen and oxygen atoms in total. The van der Waals surface area contributed by atoms with Gasteiger partial charge in [0.1, 0.15) is 6.42 Å². The van der Waals surface area contributed by atoms with E-state index >= 15 is 0 Å². The number of carboxylic acids is 1. The number of nitrogens with zero attached hydrogens (tertiary/aromatic N) is 1. The van der Waals surface area contributed by atoms with Crippen LogP contribution in [0.1, 0.15) is 55.0 Å². The van der Waals surface area contributed by atoms with Gasteiger partial charge in [0.25, 0.3) is 11.8 Å². The summed E-state index contributed by atoms with van der Waals surface area (Å²) >= 11 is 0.